The first kappa shape index (κ1) is 28.3. The Balaban J connectivity index is 0.00000129. The molecule has 2 aromatic rings. The Morgan fingerprint density at radius 1 is 1.00 bits per heavy atom. The van der Waals surface area contributed by atoms with E-state index in [-0.39, 0.29) is 24.6 Å². The predicted molar refractivity (Wildman–Crippen MR) is 131 cm³/mol. The Labute approximate surface area is 216 Å². The summed E-state index contributed by atoms with van der Waals surface area (Å²) in [7, 11) is 5.37. The molecular formula is C20H19Cl2FeN3O6S2. The van der Waals surface area contributed by atoms with Crippen molar-refractivity contribution in [3.05, 3.63) is 72.4 Å². The zero-order valence-electron chi connectivity index (χ0n) is 17.8. The molecule has 0 aromatic heterocycles. The summed E-state index contributed by atoms with van der Waals surface area (Å²) in [6.07, 6.45) is 2.22. The molecule has 3 rings (SSSR count). The van der Waals surface area contributed by atoms with Gasteiger partial charge in [-0.2, -0.15) is 12.8 Å². The first-order valence-corrected chi connectivity index (χ1v) is 14.4. The van der Waals surface area contributed by atoms with Crippen molar-refractivity contribution < 1.29 is 40.0 Å². The van der Waals surface area contributed by atoms with Crippen LogP contribution in [0.4, 0.5) is 0 Å². The van der Waals surface area contributed by atoms with E-state index >= 15 is 0 Å². The van der Waals surface area contributed by atoms with E-state index in [2.05, 4.69) is 18.8 Å². The predicted octanol–water partition coefficient (Wildman–Crippen LogP) is 5.84. The molecule has 34 heavy (non-hydrogen) atoms. The third kappa shape index (κ3) is 10.6. The van der Waals surface area contributed by atoms with Crippen LogP contribution in [-0.4, -0.2) is 25.6 Å². The first-order valence-electron chi connectivity index (χ1n) is 9.31. The van der Waals surface area contributed by atoms with E-state index in [0.29, 0.717) is 41.5 Å². The minimum absolute atomic E-state index is 0.185. The number of allylic oxidation sites excluding steroid dienone is 2. The molecule has 0 fully saturated rings. The number of rotatable bonds is 10. The fraction of sp³-hybridized carbons (Fsp3) is 0.150. The van der Waals surface area contributed by atoms with Gasteiger partial charge in [0.05, 0.1) is 22.8 Å². The van der Waals surface area contributed by atoms with Crippen molar-refractivity contribution >= 4 is 59.9 Å². The van der Waals surface area contributed by atoms with Crippen LogP contribution in [0.1, 0.15) is 20.3 Å². The van der Waals surface area contributed by atoms with Gasteiger partial charge >= 0.3 is 43.6 Å². The van der Waals surface area contributed by atoms with Crippen molar-refractivity contribution in [3.63, 3.8) is 0 Å². The van der Waals surface area contributed by atoms with Crippen LogP contribution in [0, 0.1) is 0 Å². The van der Waals surface area contributed by atoms with Crippen LogP contribution < -0.4 is 9.07 Å². The zero-order chi connectivity index (χ0) is 24.8. The van der Waals surface area contributed by atoms with Crippen LogP contribution in [0.25, 0.3) is 0 Å². The fourth-order valence-electron chi connectivity index (χ4n) is 2.38. The molecule has 0 saturated carbocycles. The van der Waals surface area contributed by atoms with Crippen LogP contribution in [0.3, 0.4) is 0 Å². The molecule has 1 heterocycles. The number of hydrogen-bond acceptors (Lipinski definition) is 9. The Kier molecular flexibility index (Phi) is 12.7. The van der Waals surface area contributed by atoms with Gasteiger partial charge in [-0.15, -0.1) is 4.40 Å². The number of halogens is 2. The maximum absolute atomic E-state index is 12.1. The molecule has 0 amide bonds. The normalized spacial score (nSPS) is 14.1. The molecule has 0 atom stereocenters. The van der Waals surface area contributed by atoms with Crippen molar-refractivity contribution in [1.82, 2.24) is 0 Å². The van der Waals surface area contributed by atoms with E-state index in [9.17, 15) is 8.42 Å². The average Bonchev–Trinajstić information content (AvgIpc) is 3.31. The van der Waals surface area contributed by atoms with Crippen molar-refractivity contribution in [3.8, 4) is 11.5 Å². The Morgan fingerprint density at radius 2 is 1.59 bits per heavy atom. The number of benzene rings is 2. The molecule has 0 N–H and O–H groups in total. The number of para-hydroxylation sites is 2. The number of hydrogen-bond donors (Lipinski definition) is 0. The summed E-state index contributed by atoms with van der Waals surface area (Å²) in [5, 5.41) is 4.60. The first-order chi connectivity index (χ1) is 16.3. The van der Waals surface area contributed by atoms with E-state index in [1.54, 1.807) is 62.4 Å². The van der Waals surface area contributed by atoms with Crippen LogP contribution in [0.5, 0.6) is 11.5 Å². The third-order valence-corrected chi connectivity index (χ3v) is 5.20. The van der Waals surface area contributed by atoms with E-state index in [0.717, 1.165) is 0 Å². The molecule has 1 aliphatic rings. The van der Waals surface area contributed by atoms with Gasteiger partial charge < -0.3 is 9.07 Å². The van der Waals surface area contributed by atoms with Gasteiger partial charge in [-0.1, -0.05) is 46.8 Å². The quantitative estimate of drug-likeness (QED) is 0.0653. The summed E-state index contributed by atoms with van der Waals surface area (Å²) < 4.78 is 41.8. The molecule has 1 aliphatic heterocycles. The van der Waals surface area contributed by atoms with Gasteiger partial charge in [0.2, 0.25) is 0 Å². The maximum atomic E-state index is 12.1. The fourth-order valence-corrected chi connectivity index (χ4v) is 3.50. The molecule has 2 aromatic carbocycles. The van der Waals surface area contributed by atoms with Crippen molar-refractivity contribution in [2.45, 2.75) is 20.3 Å². The molecule has 0 aliphatic carbocycles. The van der Waals surface area contributed by atoms with Gasteiger partial charge in [0.15, 0.2) is 18.0 Å². The standard InChI is InChI=1S/C20H19N3O6S2.2ClH.Fe/c1-15(22-30-29-28-26-17-9-5-3-6-10-17)19-13-14-20(21-19)16(2)23-31(24,25)27-18-11-7-4-8-12-18;;;/h3-13H,14H2,1-2H3;2*1H;/q;;;+2/p-2/b22-15+,23-16+;;;. The molecular weight excluding hydrogens is 569 g/mol. The summed E-state index contributed by atoms with van der Waals surface area (Å²) in [5.41, 5.74) is 1.86. The summed E-state index contributed by atoms with van der Waals surface area (Å²) >= 11 is 0.867. The molecule has 9 nitrogen and oxygen atoms in total. The molecule has 0 spiro atoms. The average molecular weight is 588 g/mol. The van der Waals surface area contributed by atoms with Crippen LogP contribution in [0.15, 0.2) is 86.2 Å². The monoisotopic (exact) mass is 587 g/mol. The van der Waals surface area contributed by atoms with E-state index < -0.39 is 10.3 Å². The summed E-state index contributed by atoms with van der Waals surface area (Å²) in [5.74, 6) is 0.669. The van der Waals surface area contributed by atoms with Gasteiger partial charge in [-0.05, 0) is 38.1 Å². The number of aliphatic imine (C=N–C) groups is 1. The van der Waals surface area contributed by atoms with Crippen LogP contribution in [-0.2, 0) is 32.8 Å². The molecule has 184 valence electrons. The minimum atomic E-state index is -4.15. The van der Waals surface area contributed by atoms with E-state index in [4.69, 9.17) is 33.6 Å². The van der Waals surface area contributed by atoms with Gasteiger partial charge in [-0.25, -0.2) is 4.99 Å². The molecule has 0 unspecified atom stereocenters. The second-order valence-corrected chi connectivity index (χ2v) is 9.68. The molecule has 14 heteroatoms. The Morgan fingerprint density at radius 3 is 2.21 bits per heavy atom. The van der Waals surface area contributed by atoms with Crippen molar-refractivity contribution in [2.75, 3.05) is 0 Å². The van der Waals surface area contributed by atoms with Gasteiger partial charge in [0.25, 0.3) is 0 Å². The van der Waals surface area contributed by atoms with Crippen LogP contribution >= 0.6 is 32.4 Å². The summed E-state index contributed by atoms with van der Waals surface area (Å²) in [4.78, 5) is 9.29. The van der Waals surface area contributed by atoms with Crippen molar-refractivity contribution in [2.24, 2.45) is 13.8 Å². The Hall–Kier alpha value is -1.89. The van der Waals surface area contributed by atoms with E-state index in [1.807, 2.05) is 6.07 Å². The van der Waals surface area contributed by atoms with Gasteiger partial charge in [-0.3, -0.25) is 0 Å². The van der Waals surface area contributed by atoms with Crippen LogP contribution in [0.2, 0.25) is 0 Å². The molecule has 0 saturated heterocycles. The van der Waals surface area contributed by atoms with Gasteiger partial charge in [0.1, 0.15) is 5.75 Å². The van der Waals surface area contributed by atoms with E-state index in [1.165, 1.54) is 12.1 Å². The second kappa shape index (κ2) is 15.2. The third-order valence-electron chi connectivity index (χ3n) is 3.83. The summed E-state index contributed by atoms with van der Waals surface area (Å²) in [6.45, 7) is 3.29. The molecule has 0 bridgehead atoms. The second-order valence-electron chi connectivity index (χ2n) is 6.19. The van der Waals surface area contributed by atoms with Crippen molar-refractivity contribution in [1.29, 1.82) is 0 Å². The van der Waals surface area contributed by atoms with Gasteiger partial charge in [0, 0.05) is 11.5 Å². The number of nitrogens with zero attached hydrogens (tertiary/aromatic N) is 3. The SMILES string of the molecule is C/C(=N\SOOOc1ccccc1)C1=CCC(/C(C)=N/S(=O)(=O)Oc2ccccc2)=N1.[Cl][Fe][Cl]. The zero-order valence-corrected chi connectivity index (χ0v) is 22.0. The summed E-state index contributed by atoms with van der Waals surface area (Å²) in [6, 6.07) is 17.0. The topological polar surface area (TPSA) is 108 Å². The molecule has 0 radical (unpaired) electrons. The Bertz CT molecular complexity index is 1150.